The van der Waals surface area contributed by atoms with Gasteiger partial charge in [-0.05, 0) is 32.4 Å². The van der Waals surface area contributed by atoms with E-state index in [1.807, 2.05) is 18.7 Å². The molecule has 1 fully saturated rings. The molecule has 0 spiro atoms. The first-order valence-electron chi connectivity index (χ1n) is 4.60. The third-order valence-electron chi connectivity index (χ3n) is 2.43. The van der Waals surface area contributed by atoms with Gasteiger partial charge < -0.3 is 5.32 Å². The zero-order chi connectivity index (χ0) is 9.84. The van der Waals surface area contributed by atoms with Gasteiger partial charge in [-0.1, -0.05) is 15.9 Å². The van der Waals surface area contributed by atoms with E-state index in [1.165, 1.54) is 6.42 Å². The van der Waals surface area contributed by atoms with Gasteiger partial charge in [0.15, 0.2) is 0 Å². The number of thioether (sulfide) groups is 1. The zero-order valence-electron chi connectivity index (χ0n) is 8.05. The molecule has 1 rings (SSSR count). The normalized spacial score (nSPS) is 30.1. The van der Waals surface area contributed by atoms with E-state index >= 15 is 0 Å². The summed E-state index contributed by atoms with van der Waals surface area (Å²) >= 11 is 5.17. The largest absolute Gasteiger partial charge is 0.352 e. The van der Waals surface area contributed by atoms with Gasteiger partial charge in [0, 0.05) is 11.3 Å². The summed E-state index contributed by atoms with van der Waals surface area (Å²) < 4.78 is 0. The first-order valence-corrected chi connectivity index (χ1v) is 6.81. The molecule has 1 N–H and O–H groups in total. The Balaban J connectivity index is 2.28. The van der Waals surface area contributed by atoms with Crippen molar-refractivity contribution in [1.29, 1.82) is 0 Å². The van der Waals surface area contributed by atoms with Gasteiger partial charge >= 0.3 is 0 Å². The van der Waals surface area contributed by atoms with E-state index in [9.17, 15) is 4.79 Å². The maximum atomic E-state index is 11.3. The van der Waals surface area contributed by atoms with Crippen molar-refractivity contribution in [3.8, 4) is 0 Å². The minimum Gasteiger partial charge on any atom is -0.352 e. The number of carbonyl (C=O) groups excluding carboxylic acids is 1. The molecule has 4 heteroatoms. The number of halogens is 1. The number of alkyl halides is 1. The van der Waals surface area contributed by atoms with E-state index in [-0.39, 0.29) is 10.7 Å². The molecular formula is C9H16BrNOS. The summed E-state index contributed by atoms with van der Waals surface area (Å²) in [5.41, 5.74) is 0. The van der Waals surface area contributed by atoms with Crippen LogP contribution < -0.4 is 5.32 Å². The molecule has 2 nitrogen and oxygen atoms in total. The van der Waals surface area contributed by atoms with Crippen molar-refractivity contribution >= 4 is 33.6 Å². The minimum absolute atomic E-state index is 0.0687. The summed E-state index contributed by atoms with van der Waals surface area (Å²) in [4.78, 5) is 11.3. The third kappa shape index (κ3) is 3.50. The van der Waals surface area contributed by atoms with Gasteiger partial charge in [-0.25, -0.2) is 0 Å². The predicted molar refractivity (Wildman–Crippen MR) is 61.5 cm³/mol. The van der Waals surface area contributed by atoms with E-state index in [0.717, 1.165) is 18.1 Å². The summed E-state index contributed by atoms with van der Waals surface area (Å²) in [6.45, 7) is 1.86. The molecule has 0 saturated heterocycles. The number of carbonyl (C=O) groups is 1. The highest BCUT2D eigenvalue weighted by Gasteiger charge is 2.25. The van der Waals surface area contributed by atoms with Crippen LogP contribution in [0.25, 0.3) is 0 Å². The van der Waals surface area contributed by atoms with E-state index in [1.54, 1.807) is 0 Å². The lowest BCUT2D eigenvalue weighted by atomic mass is 10.2. The van der Waals surface area contributed by atoms with Gasteiger partial charge in [0.1, 0.15) is 0 Å². The first kappa shape index (κ1) is 11.4. The van der Waals surface area contributed by atoms with Crippen LogP contribution >= 0.6 is 27.7 Å². The van der Waals surface area contributed by atoms with Crippen molar-refractivity contribution in [3.05, 3.63) is 0 Å². The summed E-state index contributed by atoms with van der Waals surface area (Å²) in [6, 6.07) is 0.407. The number of hydrogen-bond acceptors (Lipinski definition) is 2. The van der Waals surface area contributed by atoms with Crippen molar-refractivity contribution in [3.63, 3.8) is 0 Å². The molecule has 1 aliphatic carbocycles. The standard InChI is InChI=1S/C9H16BrNOS/c1-6(10)9(12)11-7-3-4-8(5-7)13-2/h6-8H,3-5H2,1-2H3,(H,11,12). The maximum absolute atomic E-state index is 11.3. The lowest BCUT2D eigenvalue weighted by molar-refractivity contribution is -0.120. The van der Waals surface area contributed by atoms with Crippen LogP contribution in [0.2, 0.25) is 0 Å². The minimum atomic E-state index is -0.0687. The fourth-order valence-electron chi connectivity index (χ4n) is 1.60. The monoisotopic (exact) mass is 265 g/mol. The zero-order valence-corrected chi connectivity index (χ0v) is 10.5. The Kier molecular flexibility index (Phi) is 4.59. The lowest BCUT2D eigenvalue weighted by Gasteiger charge is -2.13. The smallest absolute Gasteiger partial charge is 0.233 e. The van der Waals surface area contributed by atoms with Crippen LogP contribution in [-0.2, 0) is 4.79 Å². The van der Waals surface area contributed by atoms with Crippen molar-refractivity contribution < 1.29 is 4.79 Å². The molecule has 0 bridgehead atoms. The summed E-state index contributed by atoms with van der Waals surface area (Å²) in [6.07, 6.45) is 5.65. The van der Waals surface area contributed by atoms with Crippen LogP contribution in [0.3, 0.4) is 0 Å². The van der Waals surface area contributed by atoms with Crippen LogP contribution in [-0.4, -0.2) is 28.3 Å². The molecule has 3 unspecified atom stereocenters. The molecule has 1 amide bonds. The molecule has 76 valence electrons. The van der Waals surface area contributed by atoms with Crippen molar-refractivity contribution in [1.82, 2.24) is 5.32 Å². The molecule has 1 aliphatic rings. The second-order valence-electron chi connectivity index (χ2n) is 3.49. The number of hydrogen-bond donors (Lipinski definition) is 1. The topological polar surface area (TPSA) is 29.1 Å². The number of nitrogens with one attached hydrogen (secondary N) is 1. The Labute approximate surface area is 92.4 Å². The van der Waals surface area contributed by atoms with Crippen LogP contribution in [0.5, 0.6) is 0 Å². The van der Waals surface area contributed by atoms with E-state index in [4.69, 9.17) is 0 Å². The Hall–Kier alpha value is 0.300. The Morgan fingerprint density at radius 1 is 1.62 bits per heavy atom. The van der Waals surface area contributed by atoms with Gasteiger partial charge in [0.2, 0.25) is 5.91 Å². The van der Waals surface area contributed by atoms with Crippen LogP contribution in [0.4, 0.5) is 0 Å². The fraction of sp³-hybridized carbons (Fsp3) is 0.889. The Bertz CT molecular complexity index is 186. The van der Waals surface area contributed by atoms with Gasteiger partial charge in [-0.15, -0.1) is 0 Å². The maximum Gasteiger partial charge on any atom is 0.233 e. The van der Waals surface area contributed by atoms with Crippen molar-refractivity contribution in [2.75, 3.05) is 6.26 Å². The van der Waals surface area contributed by atoms with Crippen molar-refractivity contribution in [2.45, 2.75) is 42.3 Å². The van der Waals surface area contributed by atoms with Gasteiger partial charge in [0.05, 0.1) is 4.83 Å². The van der Waals surface area contributed by atoms with Gasteiger partial charge in [-0.2, -0.15) is 11.8 Å². The SMILES string of the molecule is CSC1CCC(NC(=O)C(C)Br)C1. The van der Waals surface area contributed by atoms with E-state index in [2.05, 4.69) is 27.5 Å². The molecule has 13 heavy (non-hydrogen) atoms. The van der Waals surface area contributed by atoms with Crippen molar-refractivity contribution in [2.24, 2.45) is 0 Å². The Morgan fingerprint density at radius 2 is 2.31 bits per heavy atom. The summed E-state index contributed by atoms with van der Waals surface area (Å²) in [7, 11) is 0. The third-order valence-corrected chi connectivity index (χ3v) is 3.94. The fourth-order valence-corrected chi connectivity index (χ4v) is 2.53. The van der Waals surface area contributed by atoms with Crippen LogP contribution in [0.15, 0.2) is 0 Å². The molecule has 0 aromatic carbocycles. The molecule has 0 aromatic heterocycles. The van der Waals surface area contributed by atoms with Gasteiger partial charge in [0.25, 0.3) is 0 Å². The number of amides is 1. The van der Waals surface area contributed by atoms with Crippen LogP contribution in [0.1, 0.15) is 26.2 Å². The second-order valence-corrected chi connectivity index (χ2v) is 6.00. The van der Waals surface area contributed by atoms with E-state index in [0.29, 0.717) is 6.04 Å². The highest BCUT2D eigenvalue weighted by Crippen LogP contribution is 2.28. The predicted octanol–water partition coefficient (Wildman–Crippen LogP) is 2.17. The molecule has 0 heterocycles. The Morgan fingerprint density at radius 3 is 2.77 bits per heavy atom. The first-order chi connectivity index (χ1) is 6.13. The van der Waals surface area contributed by atoms with Gasteiger partial charge in [-0.3, -0.25) is 4.79 Å². The molecule has 0 aliphatic heterocycles. The molecule has 0 aromatic rings. The second kappa shape index (κ2) is 5.25. The lowest BCUT2D eigenvalue weighted by Crippen LogP contribution is -2.37. The van der Waals surface area contributed by atoms with E-state index < -0.39 is 0 Å². The summed E-state index contributed by atoms with van der Waals surface area (Å²) in [5, 5.41) is 3.79. The quantitative estimate of drug-likeness (QED) is 0.793. The average Bonchev–Trinajstić information content (AvgIpc) is 2.52. The molecule has 0 radical (unpaired) electrons. The highest BCUT2D eigenvalue weighted by molar-refractivity contribution is 9.10. The molecule has 1 saturated carbocycles. The molecule has 3 atom stereocenters. The summed E-state index contributed by atoms with van der Waals surface area (Å²) in [5.74, 6) is 0.117. The highest BCUT2D eigenvalue weighted by atomic mass is 79.9. The average molecular weight is 266 g/mol. The number of rotatable bonds is 3. The molecular weight excluding hydrogens is 250 g/mol. The van der Waals surface area contributed by atoms with Crippen LogP contribution in [0, 0.1) is 0 Å².